The van der Waals surface area contributed by atoms with Crippen molar-refractivity contribution in [2.45, 2.75) is 32.4 Å². The third kappa shape index (κ3) is 2.69. The van der Waals surface area contributed by atoms with Crippen LogP contribution in [0, 0.1) is 13.8 Å². The Bertz CT molecular complexity index is 482. The van der Waals surface area contributed by atoms with Crippen molar-refractivity contribution in [3.63, 3.8) is 0 Å². The number of nitrogens with one attached hydrogen (secondary N) is 1. The first-order chi connectivity index (χ1) is 8.10. The van der Waals surface area contributed by atoms with Crippen LogP contribution in [0.3, 0.4) is 0 Å². The molecule has 1 aliphatic heterocycles. The van der Waals surface area contributed by atoms with Crippen molar-refractivity contribution >= 4 is 28.5 Å². The van der Waals surface area contributed by atoms with E-state index in [1.165, 1.54) is 17.3 Å². The molecule has 0 saturated carbocycles. The van der Waals surface area contributed by atoms with Gasteiger partial charge in [-0.15, -0.1) is 0 Å². The molecule has 0 spiro atoms. The summed E-state index contributed by atoms with van der Waals surface area (Å²) in [4.78, 5) is 16.1. The van der Waals surface area contributed by atoms with Crippen molar-refractivity contribution in [1.29, 1.82) is 0 Å². The molecular formula is C13H16N2OS. The van der Waals surface area contributed by atoms with E-state index in [2.05, 4.69) is 16.4 Å². The lowest BCUT2D eigenvalue weighted by Crippen LogP contribution is -2.24. The zero-order valence-electron chi connectivity index (χ0n) is 10.3. The molecule has 1 saturated heterocycles. The minimum absolute atomic E-state index is 0.0128. The van der Waals surface area contributed by atoms with Crippen molar-refractivity contribution in [2.24, 2.45) is 4.99 Å². The van der Waals surface area contributed by atoms with Crippen molar-refractivity contribution in [3.8, 4) is 0 Å². The number of thioether (sulfide) groups is 1. The van der Waals surface area contributed by atoms with E-state index in [4.69, 9.17) is 0 Å². The number of nitrogens with zero attached hydrogens (tertiary/aromatic N) is 1. The Hall–Kier alpha value is -1.29. The molecule has 1 aromatic rings. The molecule has 4 heteroatoms. The number of carbonyl (C=O) groups excluding carboxylic acids is 1. The molecule has 1 aromatic carbocycles. The maximum absolute atomic E-state index is 11.5. The molecule has 1 heterocycles. The SMILES string of the molecule is CCC1SC(=Nc2cc(C)ccc2C)NC1=O. The Morgan fingerprint density at radius 2 is 2.18 bits per heavy atom. The number of hydrogen-bond acceptors (Lipinski definition) is 3. The van der Waals surface area contributed by atoms with Gasteiger partial charge in [0.05, 0.1) is 10.9 Å². The van der Waals surface area contributed by atoms with Gasteiger partial charge in [-0.25, -0.2) is 4.99 Å². The van der Waals surface area contributed by atoms with Crippen LogP contribution in [0.2, 0.25) is 0 Å². The zero-order valence-corrected chi connectivity index (χ0v) is 11.1. The molecule has 1 fully saturated rings. The average Bonchev–Trinajstić information content (AvgIpc) is 2.64. The fraction of sp³-hybridized carbons (Fsp3) is 0.385. The summed E-state index contributed by atoms with van der Waals surface area (Å²) >= 11 is 1.52. The van der Waals surface area contributed by atoms with Gasteiger partial charge in [0.25, 0.3) is 0 Å². The third-order valence-electron chi connectivity index (χ3n) is 2.73. The molecule has 0 aromatic heterocycles. The predicted octanol–water partition coefficient (Wildman–Crippen LogP) is 2.93. The van der Waals surface area contributed by atoms with Crippen LogP contribution >= 0.6 is 11.8 Å². The minimum atomic E-state index is 0.0128. The highest BCUT2D eigenvalue weighted by Crippen LogP contribution is 2.26. The van der Waals surface area contributed by atoms with Crippen LogP contribution in [0.4, 0.5) is 5.69 Å². The van der Waals surface area contributed by atoms with E-state index >= 15 is 0 Å². The van der Waals surface area contributed by atoms with Gasteiger partial charge in [-0.05, 0) is 37.5 Å². The molecule has 0 aliphatic carbocycles. The smallest absolute Gasteiger partial charge is 0.239 e. The lowest BCUT2D eigenvalue weighted by atomic mass is 10.1. The van der Waals surface area contributed by atoms with Gasteiger partial charge in [-0.1, -0.05) is 30.8 Å². The van der Waals surface area contributed by atoms with Crippen LogP contribution in [-0.4, -0.2) is 16.3 Å². The van der Waals surface area contributed by atoms with E-state index in [1.54, 1.807) is 0 Å². The lowest BCUT2D eigenvalue weighted by molar-refractivity contribution is -0.118. The molecule has 2 rings (SSSR count). The Labute approximate surface area is 106 Å². The predicted molar refractivity (Wildman–Crippen MR) is 72.8 cm³/mol. The summed E-state index contributed by atoms with van der Waals surface area (Å²) in [5, 5.41) is 3.56. The summed E-state index contributed by atoms with van der Waals surface area (Å²) < 4.78 is 0. The number of amides is 1. The van der Waals surface area contributed by atoms with E-state index in [9.17, 15) is 4.79 Å². The number of hydrogen-bond donors (Lipinski definition) is 1. The van der Waals surface area contributed by atoms with Gasteiger partial charge in [0.2, 0.25) is 5.91 Å². The highest BCUT2D eigenvalue weighted by atomic mass is 32.2. The van der Waals surface area contributed by atoms with Crippen LogP contribution in [-0.2, 0) is 4.79 Å². The number of rotatable bonds is 2. The number of aryl methyl sites for hydroxylation is 2. The summed E-state index contributed by atoms with van der Waals surface area (Å²) in [6.07, 6.45) is 0.836. The normalized spacial score (nSPS) is 21.9. The number of carbonyl (C=O) groups is 1. The molecule has 1 atom stereocenters. The van der Waals surface area contributed by atoms with E-state index in [1.807, 2.05) is 32.9 Å². The summed E-state index contributed by atoms with van der Waals surface area (Å²) in [7, 11) is 0. The van der Waals surface area contributed by atoms with Gasteiger partial charge in [0.15, 0.2) is 5.17 Å². The molecule has 1 unspecified atom stereocenters. The van der Waals surface area contributed by atoms with Gasteiger partial charge in [-0.2, -0.15) is 0 Å². The second-order valence-corrected chi connectivity index (χ2v) is 5.40. The monoisotopic (exact) mass is 248 g/mol. The van der Waals surface area contributed by atoms with Gasteiger partial charge in [-0.3, -0.25) is 4.79 Å². The fourth-order valence-electron chi connectivity index (χ4n) is 1.68. The fourth-order valence-corrected chi connectivity index (χ4v) is 2.59. The molecule has 0 radical (unpaired) electrons. The van der Waals surface area contributed by atoms with Crippen LogP contribution in [0.1, 0.15) is 24.5 Å². The van der Waals surface area contributed by atoms with Crippen molar-refractivity contribution in [2.75, 3.05) is 0 Å². The van der Waals surface area contributed by atoms with Gasteiger partial charge in [0.1, 0.15) is 0 Å². The number of benzene rings is 1. The highest BCUT2D eigenvalue weighted by Gasteiger charge is 2.28. The van der Waals surface area contributed by atoms with Crippen molar-refractivity contribution in [1.82, 2.24) is 5.32 Å². The quantitative estimate of drug-likeness (QED) is 0.874. The third-order valence-corrected chi connectivity index (χ3v) is 3.98. The van der Waals surface area contributed by atoms with Crippen LogP contribution in [0.25, 0.3) is 0 Å². The molecule has 1 aliphatic rings. The first-order valence-electron chi connectivity index (χ1n) is 5.73. The Morgan fingerprint density at radius 1 is 1.41 bits per heavy atom. The summed E-state index contributed by atoms with van der Waals surface area (Å²) in [5.74, 6) is 0.0709. The van der Waals surface area contributed by atoms with E-state index in [0.29, 0.717) is 0 Å². The molecule has 1 amide bonds. The van der Waals surface area contributed by atoms with Crippen molar-refractivity contribution < 1.29 is 4.79 Å². The standard InChI is InChI=1S/C13H16N2OS/c1-4-11-12(16)15-13(17-11)14-10-7-8(2)5-6-9(10)3/h5-7,11H,4H2,1-3H3,(H,14,15,16). The molecule has 90 valence electrons. The van der Waals surface area contributed by atoms with E-state index < -0.39 is 0 Å². The second-order valence-electron chi connectivity index (χ2n) is 4.21. The zero-order chi connectivity index (χ0) is 12.4. The van der Waals surface area contributed by atoms with Gasteiger partial charge < -0.3 is 5.32 Å². The van der Waals surface area contributed by atoms with Crippen LogP contribution in [0.15, 0.2) is 23.2 Å². The first kappa shape index (κ1) is 12.2. The Morgan fingerprint density at radius 3 is 2.82 bits per heavy atom. The molecule has 0 bridgehead atoms. The van der Waals surface area contributed by atoms with Gasteiger partial charge in [0, 0.05) is 0 Å². The largest absolute Gasteiger partial charge is 0.304 e. The van der Waals surface area contributed by atoms with Gasteiger partial charge >= 0.3 is 0 Å². The average molecular weight is 248 g/mol. The summed E-state index contributed by atoms with van der Waals surface area (Å²) in [5.41, 5.74) is 3.23. The maximum atomic E-state index is 11.5. The summed E-state index contributed by atoms with van der Waals surface area (Å²) in [6, 6.07) is 6.15. The molecule has 3 nitrogen and oxygen atoms in total. The van der Waals surface area contributed by atoms with Crippen LogP contribution < -0.4 is 5.32 Å². The molecule has 17 heavy (non-hydrogen) atoms. The molecule has 1 N–H and O–H groups in total. The van der Waals surface area contributed by atoms with Crippen molar-refractivity contribution in [3.05, 3.63) is 29.3 Å². The Balaban J connectivity index is 2.26. The second kappa shape index (κ2) is 4.92. The number of amidine groups is 1. The Kier molecular flexibility index (Phi) is 3.52. The maximum Gasteiger partial charge on any atom is 0.239 e. The van der Waals surface area contributed by atoms with Crippen LogP contribution in [0.5, 0.6) is 0 Å². The molecular weight excluding hydrogens is 232 g/mol. The summed E-state index contributed by atoms with van der Waals surface area (Å²) in [6.45, 7) is 6.08. The first-order valence-corrected chi connectivity index (χ1v) is 6.61. The number of aliphatic imine (C=N–C) groups is 1. The van der Waals surface area contributed by atoms with E-state index in [0.717, 1.165) is 22.8 Å². The van der Waals surface area contributed by atoms with E-state index in [-0.39, 0.29) is 11.2 Å². The minimum Gasteiger partial charge on any atom is -0.304 e. The topological polar surface area (TPSA) is 41.5 Å². The lowest BCUT2D eigenvalue weighted by Gasteiger charge is -2.02. The highest BCUT2D eigenvalue weighted by molar-refractivity contribution is 8.15.